The highest BCUT2D eigenvalue weighted by atomic mass is 35.5. The maximum atomic E-state index is 13.1. The molecule has 0 bridgehead atoms. The van der Waals surface area contributed by atoms with E-state index in [9.17, 15) is 14.4 Å². The molecular weight excluding hydrogens is 470 g/mol. The number of nitrogens with zero attached hydrogens (tertiary/aromatic N) is 2. The van der Waals surface area contributed by atoms with Crippen molar-refractivity contribution in [3.8, 4) is 0 Å². The van der Waals surface area contributed by atoms with E-state index in [2.05, 4.69) is 20.6 Å². The second-order valence-electron chi connectivity index (χ2n) is 7.98. The summed E-state index contributed by atoms with van der Waals surface area (Å²) in [6, 6.07) is 17.7. The van der Waals surface area contributed by atoms with E-state index in [4.69, 9.17) is 4.74 Å². The van der Waals surface area contributed by atoms with Gasteiger partial charge in [0.2, 0.25) is 0 Å². The fourth-order valence-corrected chi connectivity index (χ4v) is 3.75. The summed E-state index contributed by atoms with van der Waals surface area (Å²) in [7, 11) is 0. The molecule has 0 spiro atoms. The minimum Gasteiger partial charge on any atom is -0.459 e. The van der Waals surface area contributed by atoms with Gasteiger partial charge in [-0.3, -0.25) is 9.59 Å². The van der Waals surface area contributed by atoms with Crippen molar-refractivity contribution >= 4 is 30.2 Å². The molecule has 9 nitrogen and oxygen atoms in total. The fraction of sp³-hybridized carbons (Fsp3) is 0.280. The third-order valence-corrected chi connectivity index (χ3v) is 5.57. The molecule has 0 radical (unpaired) electrons. The number of halogens is 1. The summed E-state index contributed by atoms with van der Waals surface area (Å²) < 4.78 is 5.49. The van der Waals surface area contributed by atoms with Crippen LogP contribution in [0.15, 0.2) is 67.0 Å². The van der Waals surface area contributed by atoms with E-state index < -0.39 is 17.9 Å². The molecular formula is C25H28ClN5O4. The van der Waals surface area contributed by atoms with Gasteiger partial charge in [0.25, 0.3) is 11.8 Å². The SMILES string of the molecule is Cl.O=C(N[C@@H](Cc1ccccc1)C(=O)OCc1ccccc1)c1nc[nH]c1C(=O)N1CCNCC1. The Labute approximate surface area is 209 Å². The first kappa shape index (κ1) is 25.9. The first-order chi connectivity index (χ1) is 16.6. The Morgan fingerprint density at radius 3 is 2.26 bits per heavy atom. The molecule has 10 heteroatoms. The van der Waals surface area contributed by atoms with Gasteiger partial charge in [-0.25, -0.2) is 9.78 Å². The van der Waals surface area contributed by atoms with Gasteiger partial charge in [-0.05, 0) is 11.1 Å². The Hall–Kier alpha value is -3.69. The van der Waals surface area contributed by atoms with E-state index >= 15 is 0 Å². The maximum absolute atomic E-state index is 13.1. The number of benzene rings is 2. The molecule has 0 aliphatic carbocycles. The van der Waals surface area contributed by atoms with Crippen LogP contribution in [0.1, 0.15) is 32.1 Å². The van der Waals surface area contributed by atoms with Crippen molar-refractivity contribution in [2.45, 2.75) is 19.1 Å². The Bertz CT molecular complexity index is 1120. The molecule has 2 heterocycles. The molecule has 1 aliphatic heterocycles. The molecule has 1 aliphatic rings. The zero-order valence-electron chi connectivity index (χ0n) is 19.1. The van der Waals surface area contributed by atoms with Crippen molar-refractivity contribution in [3.63, 3.8) is 0 Å². The Morgan fingerprint density at radius 1 is 0.971 bits per heavy atom. The van der Waals surface area contributed by atoms with Crippen LogP contribution in [-0.4, -0.2) is 64.9 Å². The zero-order chi connectivity index (χ0) is 23.8. The highest BCUT2D eigenvalue weighted by molar-refractivity contribution is 6.05. The van der Waals surface area contributed by atoms with Gasteiger partial charge in [0.1, 0.15) is 18.3 Å². The molecule has 2 amide bonds. The van der Waals surface area contributed by atoms with Gasteiger partial charge in [0.05, 0.1) is 6.33 Å². The largest absolute Gasteiger partial charge is 0.459 e. The number of aromatic amines is 1. The Kier molecular flexibility index (Phi) is 9.39. The van der Waals surface area contributed by atoms with E-state index in [0.29, 0.717) is 26.2 Å². The van der Waals surface area contributed by atoms with Crippen LogP contribution < -0.4 is 10.6 Å². The number of ether oxygens (including phenoxy) is 1. The predicted molar refractivity (Wildman–Crippen MR) is 132 cm³/mol. The zero-order valence-corrected chi connectivity index (χ0v) is 19.9. The maximum Gasteiger partial charge on any atom is 0.329 e. The number of rotatable bonds is 8. The molecule has 1 atom stereocenters. The molecule has 184 valence electrons. The summed E-state index contributed by atoms with van der Waals surface area (Å²) in [4.78, 5) is 47.5. The number of piperazine rings is 1. The van der Waals surface area contributed by atoms with Gasteiger partial charge in [-0.2, -0.15) is 0 Å². The highest BCUT2D eigenvalue weighted by Crippen LogP contribution is 2.11. The lowest BCUT2D eigenvalue weighted by atomic mass is 10.1. The van der Waals surface area contributed by atoms with Crippen molar-refractivity contribution in [1.82, 2.24) is 25.5 Å². The normalized spacial score (nSPS) is 13.9. The minimum atomic E-state index is -0.947. The number of imidazole rings is 1. The van der Waals surface area contributed by atoms with Crippen LogP contribution in [0.25, 0.3) is 0 Å². The lowest BCUT2D eigenvalue weighted by Crippen LogP contribution is -2.47. The number of H-pyrrole nitrogens is 1. The molecule has 1 fully saturated rings. The van der Waals surface area contributed by atoms with E-state index in [0.717, 1.165) is 11.1 Å². The molecule has 0 unspecified atom stereocenters. The average molecular weight is 498 g/mol. The van der Waals surface area contributed by atoms with E-state index in [-0.39, 0.29) is 42.7 Å². The summed E-state index contributed by atoms with van der Waals surface area (Å²) >= 11 is 0. The van der Waals surface area contributed by atoms with Crippen LogP contribution in [0.3, 0.4) is 0 Å². The van der Waals surface area contributed by atoms with Crippen LogP contribution in [-0.2, 0) is 22.6 Å². The van der Waals surface area contributed by atoms with Crippen molar-refractivity contribution in [2.24, 2.45) is 0 Å². The number of esters is 1. The number of carbonyl (C=O) groups excluding carboxylic acids is 3. The second kappa shape index (κ2) is 12.7. The van der Waals surface area contributed by atoms with Crippen molar-refractivity contribution in [2.75, 3.05) is 26.2 Å². The van der Waals surface area contributed by atoms with Crippen molar-refractivity contribution in [3.05, 3.63) is 89.5 Å². The molecule has 4 rings (SSSR count). The van der Waals surface area contributed by atoms with Crippen LogP contribution in [0.2, 0.25) is 0 Å². The number of nitrogens with one attached hydrogen (secondary N) is 3. The highest BCUT2D eigenvalue weighted by Gasteiger charge is 2.29. The summed E-state index contributed by atoms with van der Waals surface area (Å²) in [5, 5.41) is 5.91. The molecule has 3 N–H and O–H groups in total. The molecule has 2 aromatic carbocycles. The first-order valence-electron chi connectivity index (χ1n) is 11.2. The van der Waals surface area contributed by atoms with E-state index in [1.807, 2.05) is 60.7 Å². The third-order valence-electron chi connectivity index (χ3n) is 5.57. The number of aromatic nitrogens is 2. The molecule has 3 aromatic rings. The smallest absolute Gasteiger partial charge is 0.329 e. The monoisotopic (exact) mass is 497 g/mol. The van der Waals surface area contributed by atoms with Gasteiger partial charge in [0.15, 0.2) is 5.69 Å². The van der Waals surface area contributed by atoms with Crippen LogP contribution >= 0.6 is 12.4 Å². The lowest BCUT2D eigenvalue weighted by molar-refractivity contribution is -0.147. The minimum absolute atomic E-state index is 0. The van der Waals surface area contributed by atoms with Gasteiger partial charge >= 0.3 is 5.97 Å². The van der Waals surface area contributed by atoms with Crippen molar-refractivity contribution < 1.29 is 19.1 Å². The van der Waals surface area contributed by atoms with Crippen LogP contribution in [0, 0.1) is 0 Å². The van der Waals surface area contributed by atoms with E-state index in [1.54, 1.807) is 4.90 Å². The summed E-state index contributed by atoms with van der Waals surface area (Å²) in [5.41, 5.74) is 1.77. The molecule has 35 heavy (non-hydrogen) atoms. The topological polar surface area (TPSA) is 116 Å². The first-order valence-corrected chi connectivity index (χ1v) is 11.2. The molecule has 1 saturated heterocycles. The summed E-state index contributed by atoms with van der Waals surface area (Å²) in [6.45, 7) is 2.56. The molecule has 1 aromatic heterocycles. The Balaban J connectivity index is 0.00000342. The van der Waals surface area contributed by atoms with Gasteiger partial charge in [-0.1, -0.05) is 60.7 Å². The van der Waals surface area contributed by atoms with Gasteiger partial charge in [0, 0.05) is 32.6 Å². The second-order valence-corrected chi connectivity index (χ2v) is 7.98. The number of hydrogen-bond acceptors (Lipinski definition) is 6. The van der Waals surface area contributed by atoms with Crippen molar-refractivity contribution in [1.29, 1.82) is 0 Å². The van der Waals surface area contributed by atoms with Crippen LogP contribution in [0.4, 0.5) is 0 Å². The third kappa shape index (κ3) is 6.91. The fourth-order valence-electron chi connectivity index (χ4n) is 3.75. The van der Waals surface area contributed by atoms with Gasteiger partial charge < -0.3 is 25.3 Å². The number of carbonyl (C=O) groups is 3. The standard InChI is InChI=1S/C25H27N5O4.ClH/c31-23(21-22(28-17-27-21)24(32)30-13-11-26-12-14-30)29-20(15-18-7-3-1-4-8-18)25(33)34-16-19-9-5-2-6-10-19;/h1-10,17,20,26H,11-16H2,(H,27,28)(H,29,31);1H/t20-;/m0./s1. The summed E-state index contributed by atoms with van der Waals surface area (Å²) in [6.07, 6.45) is 1.55. The van der Waals surface area contributed by atoms with Crippen LogP contribution in [0.5, 0.6) is 0 Å². The van der Waals surface area contributed by atoms with E-state index in [1.165, 1.54) is 6.33 Å². The molecule has 0 saturated carbocycles. The predicted octanol–water partition coefficient (Wildman–Crippen LogP) is 1.96. The lowest BCUT2D eigenvalue weighted by Gasteiger charge is -2.27. The summed E-state index contributed by atoms with van der Waals surface area (Å²) in [5.74, 6) is -1.47. The van der Waals surface area contributed by atoms with Gasteiger partial charge in [-0.15, -0.1) is 12.4 Å². The number of hydrogen-bond donors (Lipinski definition) is 3. The number of amides is 2. The average Bonchev–Trinajstić information content (AvgIpc) is 3.38. The Morgan fingerprint density at radius 2 is 1.60 bits per heavy atom. The quantitative estimate of drug-likeness (QED) is 0.410.